The van der Waals surface area contributed by atoms with Crippen LogP contribution in [-0.4, -0.2) is 42.5 Å². The van der Waals surface area contributed by atoms with Gasteiger partial charge >= 0.3 is 0 Å². The van der Waals surface area contributed by atoms with Gasteiger partial charge in [-0.3, -0.25) is 4.79 Å². The monoisotopic (exact) mass is 227 g/mol. The fourth-order valence-electron chi connectivity index (χ4n) is 2.14. The Hall–Kier alpha value is -0.610. The minimum absolute atomic E-state index is 0.0494. The molecule has 1 rings (SSSR count). The van der Waals surface area contributed by atoms with E-state index in [1.54, 1.807) is 6.92 Å². The van der Waals surface area contributed by atoms with Crippen LogP contribution >= 0.6 is 0 Å². The fraction of sp³-hybridized carbons (Fsp3) is 0.917. The Morgan fingerprint density at radius 2 is 2.31 bits per heavy atom. The first-order valence-corrected chi connectivity index (χ1v) is 6.38. The molecule has 0 spiro atoms. The molecule has 3 N–H and O–H groups in total. The van der Waals surface area contributed by atoms with Crippen molar-refractivity contribution >= 4 is 5.91 Å². The Bertz CT molecular complexity index is 218. The Labute approximate surface area is 98.6 Å². The molecule has 1 unspecified atom stereocenters. The van der Waals surface area contributed by atoms with Gasteiger partial charge in [-0.1, -0.05) is 6.42 Å². The van der Waals surface area contributed by atoms with Crippen LogP contribution in [0.15, 0.2) is 0 Å². The Morgan fingerprint density at radius 3 is 2.94 bits per heavy atom. The second-order valence-corrected chi connectivity index (χ2v) is 4.81. The molecule has 1 amide bonds. The molecular weight excluding hydrogens is 202 g/mol. The zero-order valence-electron chi connectivity index (χ0n) is 10.5. The van der Waals surface area contributed by atoms with Crippen LogP contribution < -0.4 is 11.1 Å². The fourth-order valence-corrected chi connectivity index (χ4v) is 2.14. The largest absolute Gasteiger partial charge is 0.355 e. The van der Waals surface area contributed by atoms with Gasteiger partial charge < -0.3 is 16.0 Å². The predicted octanol–water partition coefficient (Wildman–Crippen LogP) is 0.714. The molecule has 0 aromatic heterocycles. The Morgan fingerprint density at radius 1 is 1.56 bits per heavy atom. The first-order chi connectivity index (χ1) is 7.61. The highest BCUT2D eigenvalue weighted by molar-refractivity contribution is 5.80. The lowest BCUT2D eigenvalue weighted by molar-refractivity contribution is -0.121. The normalized spacial score (nSPS) is 24.1. The number of piperidine rings is 1. The number of nitrogens with zero attached hydrogens (tertiary/aromatic N) is 1. The highest BCUT2D eigenvalue weighted by Crippen LogP contribution is 2.15. The molecular formula is C12H25N3O. The van der Waals surface area contributed by atoms with Crippen molar-refractivity contribution < 1.29 is 4.79 Å². The van der Waals surface area contributed by atoms with Crippen LogP contribution in [0.3, 0.4) is 0 Å². The number of likely N-dealkylation sites (tertiary alicyclic amines) is 1. The molecule has 94 valence electrons. The number of nitrogens with one attached hydrogen (secondary N) is 1. The van der Waals surface area contributed by atoms with E-state index < -0.39 is 6.04 Å². The molecule has 1 fully saturated rings. The third-order valence-corrected chi connectivity index (χ3v) is 3.28. The number of amides is 1. The summed E-state index contributed by atoms with van der Waals surface area (Å²) in [5.74, 6) is -0.0494. The van der Waals surface area contributed by atoms with Gasteiger partial charge in [-0.15, -0.1) is 0 Å². The van der Waals surface area contributed by atoms with Crippen molar-refractivity contribution in [2.24, 2.45) is 5.73 Å². The van der Waals surface area contributed by atoms with Crippen LogP contribution in [-0.2, 0) is 4.79 Å². The van der Waals surface area contributed by atoms with Crippen molar-refractivity contribution in [1.29, 1.82) is 0 Å². The SMILES string of the molecule is CC1CCCCN1CCCNC(=O)[C@H](C)N. The molecule has 1 aliphatic heterocycles. The summed E-state index contributed by atoms with van der Waals surface area (Å²) in [4.78, 5) is 13.7. The van der Waals surface area contributed by atoms with Crippen molar-refractivity contribution in [1.82, 2.24) is 10.2 Å². The molecule has 0 aromatic carbocycles. The van der Waals surface area contributed by atoms with E-state index in [9.17, 15) is 4.79 Å². The number of rotatable bonds is 5. The lowest BCUT2D eigenvalue weighted by Gasteiger charge is -2.33. The van der Waals surface area contributed by atoms with Crippen LogP contribution in [0, 0.1) is 0 Å². The van der Waals surface area contributed by atoms with E-state index in [0.29, 0.717) is 6.04 Å². The standard InChI is InChI=1S/C12H25N3O/c1-10-6-3-4-8-15(10)9-5-7-14-12(16)11(2)13/h10-11H,3-9,13H2,1-2H3,(H,14,16)/t10?,11-/m0/s1. The van der Waals surface area contributed by atoms with E-state index in [1.165, 1.54) is 25.8 Å². The zero-order valence-corrected chi connectivity index (χ0v) is 10.5. The Balaban J connectivity index is 2.08. The van der Waals surface area contributed by atoms with E-state index in [-0.39, 0.29) is 5.91 Å². The van der Waals surface area contributed by atoms with Crippen LogP contribution in [0.4, 0.5) is 0 Å². The summed E-state index contributed by atoms with van der Waals surface area (Å²) >= 11 is 0. The Kier molecular flexibility index (Phi) is 5.77. The first kappa shape index (κ1) is 13.5. The summed E-state index contributed by atoms with van der Waals surface area (Å²) in [5.41, 5.74) is 5.46. The van der Waals surface area contributed by atoms with Crippen molar-refractivity contribution in [3.05, 3.63) is 0 Å². The van der Waals surface area contributed by atoms with E-state index in [0.717, 1.165) is 19.5 Å². The molecule has 0 aliphatic carbocycles. The average molecular weight is 227 g/mol. The van der Waals surface area contributed by atoms with Crippen LogP contribution in [0.1, 0.15) is 39.5 Å². The number of carbonyl (C=O) groups is 1. The maximum absolute atomic E-state index is 11.2. The molecule has 4 heteroatoms. The summed E-state index contributed by atoms with van der Waals surface area (Å²) in [6, 6.07) is 0.312. The predicted molar refractivity (Wildman–Crippen MR) is 66.2 cm³/mol. The number of hydrogen-bond donors (Lipinski definition) is 2. The first-order valence-electron chi connectivity index (χ1n) is 6.38. The molecule has 16 heavy (non-hydrogen) atoms. The smallest absolute Gasteiger partial charge is 0.236 e. The van der Waals surface area contributed by atoms with Gasteiger partial charge in [-0.2, -0.15) is 0 Å². The topological polar surface area (TPSA) is 58.4 Å². The lowest BCUT2D eigenvalue weighted by atomic mass is 10.0. The second-order valence-electron chi connectivity index (χ2n) is 4.81. The molecule has 4 nitrogen and oxygen atoms in total. The van der Waals surface area contributed by atoms with Gasteiger partial charge in [-0.25, -0.2) is 0 Å². The van der Waals surface area contributed by atoms with E-state index in [1.807, 2.05) is 0 Å². The quantitative estimate of drug-likeness (QED) is 0.680. The second kappa shape index (κ2) is 6.86. The number of hydrogen-bond acceptors (Lipinski definition) is 3. The molecule has 1 aliphatic rings. The molecule has 0 radical (unpaired) electrons. The van der Waals surface area contributed by atoms with E-state index in [4.69, 9.17) is 5.73 Å². The summed E-state index contributed by atoms with van der Waals surface area (Å²) in [5, 5.41) is 2.85. The molecule has 1 heterocycles. The van der Waals surface area contributed by atoms with E-state index in [2.05, 4.69) is 17.1 Å². The van der Waals surface area contributed by atoms with Gasteiger partial charge in [0.15, 0.2) is 0 Å². The third-order valence-electron chi connectivity index (χ3n) is 3.28. The van der Waals surface area contributed by atoms with Gasteiger partial charge in [0.05, 0.1) is 6.04 Å². The minimum Gasteiger partial charge on any atom is -0.355 e. The van der Waals surface area contributed by atoms with Gasteiger partial charge in [0, 0.05) is 19.1 Å². The lowest BCUT2D eigenvalue weighted by Crippen LogP contribution is -2.41. The highest BCUT2D eigenvalue weighted by atomic mass is 16.2. The number of carbonyl (C=O) groups excluding carboxylic acids is 1. The van der Waals surface area contributed by atoms with Crippen LogP contribution in [0.5, 0.6) is 0 Å². The average Bonchev–Trinajstić information content (AvgIpc) is 2.26. The molecule has 0 saturated carbocycles. The van der Waals surface area contributed by atoms with Crippen molar-refractivity contribution in [3.63, 3.8) is 0 Å². The summed E-state index contributed by atoms with van der Waals surface area (Å²) in [6.45, 7) is 7.04. The molecule has 0 bridgehead atoms. The summed E-state index contributed by atoms with van der Waals surface area (Å²) in [7, 11) is 0. The third kappa shape index (κ3) is 4.49. The van der Waals surface area contributed by atoms with Crippen molar-refractivity contribution in [2.45, 2.75) is 51.6 Å². The van der Waals surface area contributed by atoms with Crippen molar-refractivity contribution in [2.75, 3.05) is 19.6 Å². The van der Waals surface area contributed by atoms with E-state index >= 15 is 0 Å². The van der Waals surface area contributed by atoms with Gasteiger partial charge in [0.1, 0.15) is 0 Å². The molecule has 2 atom stereocenters. The van der Waals surface area contributed by atoms with Gasteiger partial charge in [-0.05, 0) is 39.7 Å². The van der Waals surface area contributed by atoms with Gasteiger partial charge in [0.25, 0.3) is 0 Å². The summed E-state index contributed by atoms with van der Waals surface area (Å²) < 4.78 is 0. The van der Waals surface area contributed by atoms with Crippen molar-refractivity contribution in [3.8, 4) is 0 Å². The highest BCUT2D eigenvalue weighted by Gasteiger charge is 2.17. The minimum atomic E-state index is -0.395. The maximum atomic E-state index is 11.2. The van der Waals surface area contributed by atoms with Crippen LogP contribution in [0.2, 0.25) is 0 Å². The zero-order chi connectivity index (χ0) is 12.0. The van der Waals surface area contributed by atoms with Crippen LogP contribution in [0.25, 0.3) is 0 Å². The van der Waals surface area contributed by atoms with Gasteiger partial charge in [0.2, 0.25) is 5.91 Å². The molecule has 1 saturated heterocycles. The maximum Gasteiger partial charge on any atom is 0.236 e. The molecule has 0 aromatic rings. The summed E-state index contributed by atoms with van der Waals surface area (Å²) in [6.07, 6.45) is 5.00. The number of nitrogens with two attached hydrogens (primary N) is 1.